The smallest absolute Gasteiger partial charge is 0.335 e. The Morgan fingerprint density at radius 3 is 2.40 bits per heavy atom. The molecule has 0 fully saturated rings. The summed E-state index contributed by atoms with van der Waals surface area (Å²) in [5, 5.41) is 9.04. The normalized spacial score (nSPS) is 12.3. The van der Waals surface area contributed by atoms with E-state index in [0.29, 0.717) is 12.0 Å². The number of carbonyl (C=O) groups is 1. The fourth-order valence-corrected chi connectivity index (χ4v) is 3.56. The summed E-state index contributed by atoms with van der Waals surface area (Å²) in [5.74, 6) is -0.959. The summed E-state index contributed by atoms with van der Waals surface area (Å²) < 4.78 is 26.2. The Kier molecular flexibility index (Phi) is 5.30. The molecule has 0 heterocycles. The lowest BCUT2D eigenvalue weighted by Gasteiger charge is -2.18. The number of carboxylic acid groups (broad SMARTS) is 1. The van der Waals surface area contributed by atoms with Gasteiger partial charge in [-0.15, -0.1) is 0 Å². The first-order valence-electron chi connectivity index (χ1n) is 6.39. The molecule has 0 atom stereocenters. The minimum absolute atomic E-state index is 0.0422. The Labute approximate surface area is 120 Å². The molecule has 0 unspecified atom stereocenters. The maximum atomic E-state index is 11.8. The summed E-state index contributed by atoms with van der Waals surface area (Å²) in [4.78, 5) is 11.0. The molecule has 5 nitrogen and oxygen atoms in total. The van der Waals surface area contributed by atoms with Crippen LogP contribution in [0.3, 0.4) is 0 Å². The van der Waals surface area contributed by atoms with Crippen LogP contribution in [0.5, 0.6) is 0 Å². The molecule has 0 aliphatic rings. The zero-order valence-electron chi connectivity index (χ0n) is 12.0. The topological polar surface area (TPSA) is 83.5 Å². The molecule has 1 aromatic rings. The summed E-state index contributed by atoms with van der Waals surface area (Å²) in [5.41, 5.74) is 0.520. The Morgan fingerprint density at radius 2 is 1.85 bits per heavy atom. The van der Waals surface area contributed by atoms with Gasteiger partial charge in [0.1, 0.15) is 0 Å². The van der Waals surface area contributed by atoms with Gasteiger partial charge in [0.05, 0.1) is 11.3 Å². The standard InChI is InChI=1S/C14H21NO4S/c1-14(2,3)10-20(18,19)15-9-8-11-6-4-5-7-12(11)13(16)17/h4-7,15H,8-10H2,1-3H3,(H,16,17). The fraction of sp³-hybridized carbons (Fsp3) is 0.500. The quantitative estimate of drug-likeness (QED) is 0.840. The predicted octanol–water partition coefficient (Wildman–Crippen LogP) is 1.89. The number of aromatic carboxylic acids is 1. The Balaban J connectivity index is 2.64. The van der Waals surface area contributed by atoms with Gasteiger partial charge in [0.25, 0.3) is 0 Å². The van der Waals surface area contributed by atoms with Crippen LogP contribution in [0.25, 0.3) is 0 Å². The van der Waals surface area contributed by atoms with Gasteiger partial charge in [0.15, 0.2) is 0 Å². The summed E-state index contributed by atoms with van der Waals surface area (Å²) in [7, 11) is -3.34. The van der Waals surface area contributed by atoms with Gasteiger partial charge in [-0.05, 0) is 23.5 Å². The summed E-state index contributed by atoms with van der Waals surface area (Å²) in [6.45, 7) is 5.76. The second kappa shape index (κ2) is 6.37. The molecule has 0 radical (unpaired) electrons. The third kappa shape index (κ3) is 5.71. The molecular formula is C14H21NO4S. The maximum absolute atomic E-state index is 11.8. The molecule has 0 bridgehead atoms. The molecule has 20 heavy (non-hydrogen) atoms. The average molecular weight is 299 g/mol. The van der Waals surface area contributed by atoms with Gasteiger partial charge in [0, 0.05) is 6.54 Å². The third-order valence-corrected chi connectivity index (χ3v) is 4.48. The van der Waals surface area contributed by atoms with Crippen molar-refractivity contribution in [3.63, 3.8) is 0 Å². The van der Waals surface area contributed by atoms with Crippen LogP contribution < -0.4 is 4.72 Å². The highest BCUT2D eigenvalue weighted by molar-refractivity contribution is 7.89. The van der Waals surface area contributed by atoms with Crippen molar-refractivity contribution in [1.82, 2.24) is 4.72 Å². The molecule has 6 heteroatoms. The van der Waals surface area contributed by atoms with Crippen LogP contribution in [0.4, 0.5) is 0 Å². The highest BCUT2D eigenvalue weighted by Crippen LogP contribution is 2.15. The average Bonchev–Trinajstić information content (AvgIpc) is 2.25. The van der Waals surface area contributed by atoms with E-state index >= 15 is 0 Å². The van der Waals surface area contributed by atoms with Crippen LogP contribution in [0.15, 0.2) is 24.3 Å². The van der Waals surface area contributed by atoms with E-state index in [0.717, 1.165) is 0 Å². The van der Waals surface area contributed by atoms with Crippen LogP contribution in [0.1, 0.15) is 36.7 Å². The maximum Gasteiger partial charge on any atom is 0.335 e. The van der Waals surface area contributed by atoms with E-state index in [4.69, 9.17) is 5.11 Å². The monoisotopic (exact) mass is 299 g/mol. The van der Waals surface area contributed by atoms with Crippen molar-refractivity contribution >= 4 is 16.0 Å². The molecule has 0 aromatic heterocycles. The van der Waals surface area contributed by atoms with Gasteiger partial charge in [-0.2, -0.15) is 0 Å². The minimum Gasteiger partial charge on any atom is -0.478 e. The van der Waals surface area contributed by atoms with Crippen LogP contribution in [0, 0.1) is 5.41 Å². The van der Waals surface area contributed by atoms with E-state index in [1.165, 1.54) is 6.07 Å². The predicted molar refractivity (Wildman–Crippen MR) is 78.3 cm³/mol. The summed E-state index contributed by atoms with van der Waals surface area (Å²) in [6, 6.07) is 6.60. The van der Waals surface area contributed by atoms with Crippen molar-refractivity contribution in [3.05, 3.63) is 35.4 Å². The van der Waals surface area contributed by atoms with Gasteiger partial charge in [-0.3, -0.25) is 0 Å². The van der Waals surface area contributed by atoms with Crippen molar-refractivity contribution in [2.45, 2.75) is 27.2 Å². The van der Waals surface area contributed by atoms with E-state index in [1.54, 1.807) is 18.2 Å². The number of rotatable bonds is 6. The highest BCUT2D eigenvalue weighted by atomic mass is 32.2. The molecule has 0 aliphatic heterocycles. The number of sulfonamides is 1. The first kappa shape index (κ1) is 16.7. The SMILES string of the molecule is CC(C)(C)CS(=O)(=O)NCCc1ccccc1C(=O)O. The summed E-state index contributed by atoms with van der Waals surface area (Å²) in [6.07, 6.45) is 0.353. The van der Waals surface area contributed by atoms with Crippen LogP contribution in [0.2, 0.25) is 0 Å². The van der Waals surface area contributed by atoms with Gasteiger partial charge in [-0.25, -0.2) is 17.9 Å². The zero-order valence-corrected chi connectivity index (χ0v) is 12.8. The second-order valence-corrected chi connectivity index (χ2v) is 7.73. The Hall–Kier alpha value is -1.40. The van der Waals surface area contributed by atoms with Crippen molar-refractivity contribution in [2.75, 3.05) is 12.3 Å². The van der Waals surface area contributed by atoms with Gasteiger partial charge < -0.3 is 5.11 Å². The largest absolute Gasteiger partial charge is 0.478 e. The van der Waals surface area contributed by atoms with E-state index in [-0.39, 0.29) is 23.3 Å². The van der Waals surface area contributed by atoms with Crippen LogP contribution in [-0.4, -0.2) is 31.8 Å². The number of carboxylic acids is 1. The van der Waals surface area contributed by atoms with Crippen molar-refractivity contribution < 1.29 is 18.3 Å². The van der Waals surface area contributed by atoms with Crippen molar-refractivity contribution in [3.8, 4) is 0 Å². The van der Waals surface area contributed by atoms with E-state index < -0.39 is 16.0 Å². The zero-order chi connectivity index (χ0) is 15.4. The lowest BCUT2D eigenvalue weighted by molar-refractivity contribution is 0.0695. The van der Waals surface area contributed by atoms with Crippen LogP contribution >= 0.6 is 0 Å². The molecular weight excluding hydrogens is 278 g/mol. The molecule has 0 spiro atoms. The molecule has 0 saturated heterocycles. The summed E-state index contributed by atoms with van der Waals surface area (Å²) >= 11 is 0. The molecule has 0 amide bonds. The van der Waals surface area contributed by atoms with Crippen LogP contribution in [-0.2, 0) is 16.4 Å². The Bertz CT molecular complexity index is 573. The van der Waals surface area contributed by atoms with Crippen molar-refractivity contribution in [1.29, 1.82) is 0 Å². The molecule has 1 aromatic carbocycles. The number of benzene rings is 1. The van der Waals surface area contributed by atoms with Gasteiger partial charge in [0.2, 0.25) is 10.0 Å². The van der Waals surface area contributed by atoms with E-state index in [9.17, 15) is 13.2 Å². The van der Waals surface area contributed by atoms with Crippen molar-refractivity contribution in [2.24, 2.45) is 5.41 Å². The molecule has 2 N–H and O–H groups in total. The van der Waals surface area contributed by atoms with Gasteiger partial charge in [-0.1, -0.05) is 39.0 Å². The second-order valence-electron chi connectivity index (χ2n) is 5.93. The first-order chi connectivity index (χ1) is 9.11. The van der Waals surface area contributed by atoms with E-state index in [2.05, 4.69) is 4.72 Å². The Morgan fingerprint density at radius 1 is 1.25 bits per heavy atom. The molecule has 1 rings (SSSR count). The minimum atomic E-state index is -3.34. The van der Waals surface area contributed by atoms with E-state index in [1.807, 2.05) is 20.8 Å². The number of nitrogens with one attached hydrogen (secondary N) is 1. The third-order valence-electron chi connectivity index (χ3n) is 2.59. The van der Waals surface area contributed by atoms with Gasteiger partial charge >= 0.3 is 5.97 Å². The number of hydrogen-bond acceptors (Lipinski definition) is 3. The lowest BCUT2D eigenvalue weighted by Crippen LogP contribution is -2.33. The lowest BCUT2D eigenvalue weighted by atomic mass is 10.0. The first-order valence-corrected chi connectivity index (χ1v) is 8.04. The molecule has 0 aliphatic carbocycles. The number of hydrogen-bond donors (Lipinski definition) is 2. The molecule has 112 valence electrons. The highest BCUT2D eigenvalue weighted by Gasteiger charge is 2.21. The fourth-order valence-electron chi connectivity index (χ4n) is 1.91. The molecule has 0 saturated carbocycles.